The molecule has 1 amide bonds. The third-order valence-corrected chi connectivity index (χ3v) is 3.05. The maximum Gasteiger partial charge on any atom is 0.223 e. The summed E-state index contributed by atoms with van der Waals surface area (Å²) in [6.07, 6.45) is 1.80. The van der Waals surface area contributed by atoms with Crippen LogP contribution in [0.15, 0.2) is 24.3 Å². The second kappa shape index (κ2) is 5.13. The summed E-state index contributed by atoms with van der Waals surface area (Å²) in [7, 11) is 0. The normalized spacial score (nSPS) is 15.4. The van der Waals surface area contributed by atoms with E-state index >= 15 is 0 Å². The summed E-state index contributed by atoms with van der Waals surface area (Å²) >= 11 is 0. The molecule has 3 heteroatoms. The van der Waals surface area contributed by atoms with Gasteiger partial charge in [-0.25, -0.2) is 0 Å². The molecule has 0 atom stereocenters. The van der Waals surface area contributed by atoms with Crippen LogP contribution in [0.2, 0.25) is 0 Å². The van der Waals surface area contributed by atoms with Gasteiger partial charge in [-0.2, -0.15) is 0 Å². The van der Waals surface area contributed by atoms with Gasteiger partial charge in [-0.05, 0) is 17.5 Å². The van der Waals surface area contributed by atoms with Gasteiger partial charge in [0.1, 0.15) is 0 Å². The lowest BCUT2D eigenvalue weighted by atomic mass is 10.0. The number of nitrogens with zero attached hydrogens (tertiary/aromatic N) is 1. The van der Waals surface area contributed by atoms with Gasteiger partial charge in [0.25, 0.3) is 0 Å². The molecule has 17 heavy (non-hydrogen) atoms. The van der Waals surface area contributed by atoms with Gasteiger partial charge in [-0.1, -0.05) is 31.2 Å². The van der Waals surface area contributed by atoms with Crippen LogP contribution in [0.3, 0.4) is 0 Å². The third-order valence-electron chi connectivity index (χ3n) is 3.05. The molecule has 0 N–H and O–H groups in total. The molecule has 1 aliphatic rings. The lowest BCUT2D eigenvalue weighted by Gasteiger charge is -2.19. The fourth-order valence-corrected chi connectivity index (χ4v) is 2.18. The zero-order valence-electron chi connectivity index (χ0n) is 10.1. The molecule has 90 valence electrons. The van der Waals surface area contributed by atoms with Crippen LogP contribution in [0.1, 0.15) is 30.9 Å². The van der Waals surface area contributed by atoms with Crippen LogP contribution in [0, 0.1) is 0 Å². The van der Waals surface area contributed by atoms with Gasteiger partial charge < -0.3 is 4.90 Å². The number of carbonyl (C=O) groups is 2. The zero-order valence-corrected chi connectivity index (χ0v) is 10.1. The Kier molecular flexibility index (Phi) is 3.57. The average Bonchev–Trinajstić information content (AvgIpc) is 2.47. The minimum atomic E-state index is 0.0811. The van der Waals surface area contributed by atoms with E-state index in [1.54, 1.807) is 4.90 Å². The number of rotatable bonds is 2. The summed E-state index contributed by atoms with van der Waals surface area (Å²) < 4.78 is 0. The van der Waals surface area contributed by atoms with Crippen LogP contribution in [0.5, 0.6) is 0 Å². The largest absolute Gasteiger partial charge is 0.331 e. The first kappa shape index (κ1) is 11.8. The number of Topliss-reactive ketones (excluding diaryl/α,β-unsaturated/α-hetero) is 1. The number of hydrogen-bond acceptors (Lipinski definition) is 2. The first-order valence-corrected chi connectivity index (χ1v) is 6.07. The highest BCUT2D eigenvalue weighted by Crippen LogP contribution is 2.17. The lowest BCUT2D eigenvalue weighted by Crippen LogP contribution is -2.33. The average molecular weight is 231 g/mol. The van der Waals surface area contributed by atoms with E-state index < -0.39 is 0 Å². The minimum absolute atomic E-state index is 0.0811. The molecular weight excluding hydrogens is 214 g/mol. The Morgan fingerprint density at radius 3 is 2.65 bits per heavy atom. The summed E-state index contributed by atoms with van der Waals surface area (Å²) in [6, 6.07) is 7.87. The molecule has 0 aliphatic carbocycles. The molecule has 0 radical (unpaired) electrons. The van der Waals surface area contributed by atoms with Crippen LogP contribution in [-0.4, -0.2) is 23.1 Å². The van der Waals surface area contributed by atoms with Crippen molar-refractivity contribution in [2.24, 2.45) is 0 Å². The lowest BCUT2D eigenvalue weighted by molar-refractivity contribution is -0.135. The van der Waals surface area contributed by atoms with E-state index in [9.17, 15) is 9.59 Å². The molecule has 0 saturated carbocycles. The van der Waals surface area contributed by atoms with E-state index in [1.165, 1.54) is 0 Å². The number of amides is 1. The van der Waals surface area contributed by atoms with E-state index in [4.69, 9.17) is 0 Å². The maximum absolute atomic E-state index is 11.9. The first-order valence-electron chi connectivity index (χ1n) is 6.07. The molecular formula is C14H17NO2. The predicted molar refractivity (Wildman–Crippen MR) is 65.5 cm³/mol. The van der Waals surface area contributed by atoms with E-state index in [0.29, 0.717) is 19.4 Å². The molecule has 0 spiro atoms. The van der Waals surface area contributed by atoms with E-state index in [1.807, 2.05) is 31.2 Å². The van der Waals surface area contributed by atoms with Crippen molar-refractivity contribution in [3.8, 4) is 0 Å². The SMILES string of the molecule is CCCC(=O)N1CC(=O)Cc2ccccc2C1. The topological polar surface area (TPSA) is 37.4 Å². The summed E-state index contributed by atoms with van der Waals surface area (Å²) in [6.45, 7) is 2.81. The number of hydrogen-bond donors (Lipinski definition) is 0. The molecule has 2 rings (SSSR count). The van der Waals surface area contributed by atoms with Gasteiger partial charge in [0.2, 0.25) is 5.91 Å². The predicted octanol–water partition coefficient (Wildman–Crippen LogP) is 1.94. The van der Waals surface area contributed by atoms with Gasteiger partial charge in [-0.3, -0.25) is 9.59 Å². The Labute approximate surface area is 101 Å². The van der Waals surface area contributed by atoms with Gasteiger partial charge in [-0.15, -0.1) is 0 Å². The van der Waals surface area contributed by atoms with Crippen LogP contribution in [-0.2, 0) is 22.6 Å². The van der Waals surface area contributed by atoms with Gasteiger partial charge in [0.05, 0.1) is 6.54 Å². The summed E-state index contributed by atoms with van der Waals surface area (Å²) in [4.78, 5) is 25.3. The highest BCUT2D eigenvalue weighted by atomic mass is 16.2. The summed E-state index contributed by atoms with van der Waals surface area (Å²) in [5.74, 6) is 0.206. The van der Waals surface area contributed by atoms with Crippen LogP contribution >= 0.6 is 0 Å². The molecule has 3 nitrogen and oxygen atoms in total. The molecule has 1 aromatic carbocycles. The van der Waals surface area contributed by atoms with Crippen molar-refractivity contribution in [1.82, 2.24) is 4.90 Å². The highest BCUT2D eigenvalue weighted by molar-refractivity contribution is 5.88. The number of benzene rings is 1. The molecule has 1 aliphatic heterocycles. The second-order valence-corrected chi connectivity index (χ2v) is 4.48. The Hall–Kier alpha value is -1.64. The molecule has 0 aromatic heterocycles. The standard InChI is InChI=1S/C14H17NO2/c1-2-5-14(17)15-9-12-7-4-3-6-11(12)8-13(16)10-15/h3-4,6-7H,2,5,8-10H2,1H3. The van der Waals surface area contributed by atoms with Crippen molar-refractivity contribution in [2.75, 3.05) is 6.54 Å². The number of fused-ring (bicyclic) bond motifs is 1. The van der Waals surface area contributed by atoms with E-state index in [0.717, 1.165) is 17.5 Å². The quantitative estimate of drug-likeness (QED) is 0.780. The van der Waals surface area contributed by atoms with E-state index in [-0.39, 0.29) is 18.2 Å². The summed E-state index contributed by atoms with van der Waals surface area (Å²) in [5.41, 5.74) is 2.16. The van der Waals surface area contributed by atoms with Crippen LogP contribution in [0.4, 0.5) is 0 Å². The Bertz CT molecular complexity index is 440. The molecule has 0 bridgehead atoms. The van der Waals surface area contributed by atoms with Crippen molar-refractivity contribution in [3.63, 3.8) is 0 Å². The number of carbonyl (C=O) groups excluding carboxylic acids is 2. The maximum atomic E-state index is 11.9. The monoisotopic (exact) mass is 231 g/mol. The number of ketones is 1. The Morgan fingerprint density at radius 1 is 1.24 bits per heavy atom. The van der Waals surface area contributed by atoms with Crippen molar-refractivity contribution >= 4 is 11.7 Å². The molecule has 1 heterocycles. The molecule has 0 saturated heterocycles. The van der Waals surface area contributed by atoms with Gasteiger partial charge in [0.15, 0.2) is 5.78 Å². The van der Waals surface area contributed by atoms with Crippen molar-refractivity contribution in [3.05, 3.63) is 35.4 Å². The Balaban J connectivity index is 2.23. The molecule has 0 unspecified atom stereocenters. The summed E-state index contributed by atoms with van der Waals surface area (Å²) in [5, 5.41) is 0. The minimum Gasteiger partial charge on any atom is -0.331 e. The fourth-order valence-electron chi connectivity index (χ4n) is 2.18. The smallest absolute Gasteiger partial charge is 0.223 e. The van der Waals surface area contributed by atoms with Gasteiger partial charge in [0, 0.05) is 19.4 Å². The van der Waals surface area contributed by atoms with Crippen molar-refractivity contribution in [1.29, 1.82) is 0 Å². The molecule has 1 aromatic rings. The van der Waals surface area contributed by atoms with E-state index in [2.05, 4.69) is 0 Å². The van der Waals surface area contributed by atoms with Crippen molar-refractivity contribution < 1.29 is 9.59 Å². The van der Waals surface area contributed by atoms with Gasteiger partial charge >= 0.3 is 0 Å². The van der Waals surface area contributed by atoms with Crippen LogP contribution < -0.4 is 0 Å². The van der Waals surface area contributed by atoms with Crippen molar-refractivity contribution in [2.45, 2.75) is 32.7 Å². The first-order chi connectivity index (χ1) is 8.20. The Morgan fingerprint density at radius 2 is 1.94 bits per heavy atom. The fraction of sp³-hybridized carbons (Fsp3) is 0.429. The third kappa shape index (κ3) is 2.73. The van der Waals surface area contributed by atoms with Crippen LogP contribution in [0.25, 0.3) is 0 Å². The highest BCUT2D eigenvalue weighted by Gasteiger charge is 2.22. The zero-order chi connectivity index (χ0) is 12.3. The second-order valence-electron chi connectivity index (χ2n) is 4.48. The molecule has 0 fully saturated rings.